The number of hydrogen-bond donors (Lipinski definition) is 2. The Morgan fingerprint density at radius 3 is 2.50 bits per heavy atom. The molecule has 0 saturated heterocycles. The zero-order chi connectivity index (χ0) is 15.3. The average Bonchev–Trinajstić information content (AvgIpc) is 2.29. The first-order chi connectivity index (χ1) is 9.23. The third-order valence-corrected chi connectivity index (χ3v) is 3.11. The van der Waals surface area contributed by atoms with E-state index in [0.29, 0.717) is 19.3 Å². The summed E-state index contributed by atoms with van der Waals surface area (Å²) < 4.78 is 10.2. The molecule has 1 fully saturated rings. The van der Waals surface area contributed by atoms with Crippen molar-refractivity contribution in [2.45, 2.75) is 64.7 Å². The Bertz CT molecular complexity index is 350. The number of aliphatic hydroxyl groups is 1. The summed E-state index contributed by atoms with van der Waals surface area (Å²) in [5.41, 5.74) is -0.586. The second kappa shape index (κ2) is 6.92. The molecule has 0 radical (unpaired) electrons. The van der Waals surface area contributed by atoms with E-state index < -0.39 is 23.7 Å². The Morgan fingerprint density at radius 2 is 1.95 bits per heavy atom. The van der Waals surface area contributed by atoms with Gasteiger partial charge in [-0.15, -0.1) is 0 Å². The number of aliphatic hydroxyl groups excluding tert-OH is 1. The van der Waals surface area contributed by atoms with Crippen molar-refractivity contribution in [3.05, 3.63) is 0 Å². The Kier molecular flexibility index (Phi) is 5.80. The molecule has 0 spiro atoms. The van der Waals surface area contributed by atoms with Crippen LogP contribution in [0.1, 0.15) is 47.0 Å². The van der Waals surface area contributed by atoms with Gasteiger partial charge in [-0.05, 0) is 47.0 Å². The van der Waals surface area contributed by atoms with Crippen LogP contribution in [-0.2, 0) is 14.3 Å². The van der Waals surface area contributed by atoms with E-state index in [1.54, 1.807) is 27.7 Å². The van der Waals surface area contributed by atoms with Crippen LogP contribution in [-0.4, -0.2) is 41.5 Å². The van der Waals surface area contributed by atoms with Crippen LogP contribution in [0.15, 0.2) is 0 Å². The van der Waals surface area contributed by atoms with Crippen LogP contribution in [0, 0.1) is 5.92 Å². The summed E-state index contributed by atoms with van der Waals surface area (Å²) in [6, 6.07) is -0.354. The van der Waals surface area contributed by atoms with Gasteiger partial charge >= 0.3 is 12.1 Å². The minimum absolute atomic E-state index is 0.282. The fourth-order valence-electron chi connectivity index (χ4n) is 2.29. The van der Waals surface area contributed by atoms with Gasteiger partial charge in [0.2, 0.25) is 0 Å². The van der Waals surface area contributed by atoms with Crippen molar-refractivity contribution in [3.8, 4) is 0 Å². The van der Waals surface area contributed by atoms with Crippen LogP contribution >= 0.6 is 0 Å². The second-order valence-electron chi connectivity index (χ2n) is 6.08. The first kappa shape index (κ1) is 16.8. The predicted molar refractivity (Wildman–Crippen MR) is 73.1 cm³/mol. The highest BCUT2D eigenvalue weighted by Crippen LogP contribution is 2.26. The van der Waals surface area contributed by atoms with Crippen LogP contribution in [0.25, 0.3) is 0 Å². The standard InChI is InChI=1S/C14H25NO5/c1-5-19-12(17)10-8-9(16)6-7-11(10)15-13(18)20-14(2,3)4/h9-11,16H,5-8H2,1-4H3,(H,15,18)/t9-,10-,11+/m0/s1. The molecule has 0 aromatic heterocycles. The van der Waals surface area contributed by atoms with Crippen molar-refractivity contribution in [2.75, 3.05) is 6.61 Å². The van der Waals surface area contributed by atoms with E-state index in [0.717, 1.165) is 0 Å². The molecule has 1 aliphatic rings. The molecule has 3 atom stereocenters. The van der Waals surface area contributed by atoms with Gasteiger partial charge in [0, 0.05) is 6.04 Å². The maximum absolute atomic E-state index is 11.9. The lowest BCUT2D eigenvalue weighted by molar-refractivity contribution is -0.151. The number of rotatable bonds is 3. The van der Waals surface area contributed by atoms with Gasteiger partial charge < -0.3 is 19.9 Å². The monoisotopic (exact) mass is 287 g/mol. The Balaban J connectivity index is 2.64. The molecule has 0 bridgehead atoms. The van der Waals surface area contributed by atoms with E-state index in [4.69, 9.17) is 9.47 Å². The zero-order valence-electron chi connectivity index (χ0n) is 12.6. The molecule has 1 aliphatic carbocycles. The predicted octanol–water partition coefficient (Wildman–Crippen LogP) is 1.60. The molecule has 1 rings (SSSR count). The third kappa shape index (κ3) is 5.36. The van der Waals surface area contributed by atoms with Crippen LogP contribution in [0.4, 0.5) is 4.79 Å². The van der Waals surface area contributed by atoms with Crippen molar-refractivity contribution < 1.29 is 24.2 Å². The molecule has 0 heterocycles. The average molecular weight is 287 g/mol. The fraction of sp³-hybridized carbons (Fsp3) is 0.857. The lowest BCUT2D eigenvalue weighted by Crippen LogP contribution is -2.49. The fourth-order valence-corrected chi connectivity index (χ4v) is 2.29. The van der Waals surface area contributed by atoms with Crippen LogP contribution in [0.3, 0.4) is 0 Å². The number of ether oxygens (including phenoxy) is 2. The zero-order valence-corrected chi connectivity index (χ0v) is 12.6. The Labute approximate surface area is 119 Å². The molecule has 0 aromatic rings. The van der Waals surface area contributed by atoms with Gasteiger partial charge in [-0.25, -0.2) is 4.79 Å². The van der Waals surface area contributed by atoms with Gasteiger partial charge in [0.15, 0.2) is 0 Å². The largest absolute Gasteiger partial charge is 0.466 e. The molecule has 6 nitrogen and oxygen atoms in total. The van der Waals surface area contributed by atoms with Gasteiger partial charge in [0.05, 0.1) is 18.6 Å². The van der Waals surface area contributed by atoms with E-state index in [9.17, 15) is 14.7 Å². The van der Waals surface area contributed by atoms with Gasteiger partial charge in [-0.1, -0.05) is 0 Å². The minimum atomic E-state index is -0.586. The van der Waals surface area contributed by atoms with Gasteiger partial charge in [0.1, 0.15) is 5.60 Å². The van der Waals surface area contributed by atoms with Crippen LogP contribution in [0.5, 0.6) is 0 Å². The summed E-state index contributed by atoms with van der Waals surface area (Å²) in [6.45, 7) is 7.35. The highest BCUT2D eigenvalue weighted by atomic mass is 16.6. The Hall–Kier alpha value is -1.30. The van der Waals surface area contributed by atoms with Gasteiger partial charge in [-0.2, -0.15) is 0 Å². The van der Waals surface area contributed by atoms with E-state index in [-0.39, 0.29) is 18.6 Å². The Morgan fingerprint density at radius 1 is 1.30 bits per heavy atom. The van der Waals surface area contributed by atoms with Crippen molar-refractivity contribution in [1.29, 1.82) is 0 Å². The van der Waals surface area contributed by atoms with Crippen molar-refractivity contribution in [3.63, 3.8) is 0 Å². The van der Waals surface area contributed by atoms with Gasteiger partial charge in [-0.3, -0.25) is 4.79 Å². The molecule has 0 aromatic carbocycles. The highest BCUT2D eigenvalue weighted by molar-refractivity contribution is 5.75. The maximum Gasteiger partial charge on any atom is 0.407 e. The third-order valence-electron chi connectivity index (χ3n) is 3.11. The summed E-state index contributed by atoms with van der Waals surface area (Å²) in [7, 11) is 0. The highest BCUT2D eigenvalue weighted by Gasteiger charge is 2.37. The molecule has 6 heteroatoms. The summed E-state index contributed by atoms with van der Waals surface area (Å²) >= 11 is 0. The number of esters is 1. The molecule has 20 heavy (non-hydrogen) atoms. The number of amides is 1. The number of nitrogens with one attached hydrogen (secondary N) is 1. The van der Waals surface area contributed by atoms with E-state index in [1.165, 1.54) is 0 Å². The van der Waals surface area contributed by atoms with Crippen molar-refractivity contribution in [1.82, 2.24) is 5.32 Å². The van der Waals surface area contributed by atoms with Crippen molar-refractivity contribution >= 4 is 12.1 Å². The van der Waals surface area contributed by atoms with Crippen molar-refractivity contribution in [2.24, 2.45) is 5.92 Å². The van der Waals surface area contributed by atoms with E-state index in [2.05, 4.69) is 5.32 Å². The first-order valence-corrected chi connectivity index (χ1v) is 7.07. The molecule has 0 aliphatic heterocycles. The maximum atomic E-state index is 11.9. The molecule has 116 valence electrons. The lowest BCUT2D eigenvalue weighted by Gasteiger charge is -2.33. The lowest BCUT2D eigenvalue weighted by atomic mass is 9.83. The SMILES string of the molecule is CCOC(=O)[C@H]1C[C@@H](O)CC[C@H]1NC(=O)OC(C)(C)C. The van der Waals surface area contributed by atoms with Gasteiger partial charge in [0.25, 0.3) is 0 Å². The smallest absolute Gasteiger partial charge is 0.407 e. The van der Waals surface area contributed by atoms with Crippen LogP contribution < -0.4 is 5.32 Å². The summed E-state index contributed by atoms with van der Waals surface area (Å²) in [5.74, 6) is -0.904. The summed E-state index contributed by atoms with van der Waals surface area (Å²) in [5, 5.41) is 12.4. The minimum Gasteiger partial charge on any atom is -0.466 e. The molecule has 2 N–H and O–H groups in total. The van der Waals surface area contributed by atoms with Crippen LogP contribution in [0.2, 0.25) is 0 Å². The van der Waals surface area contributed by atoms with E-state index >= 15 is 0 Å². The molecule has 1 amide bonds. The molecule has 0 unspecified atom stereocenters. The quantitative estimate of drug-likeness (QED) is 0.770. The number of carbonyl (C=O) groups is 2. The number of carbonyl (C=O) groups excluding carboxylic acids is 2. The molecular formula is C14H25NO5. The molecular weight excluding hydrogens is 262 g/mol. The number of hydrogen-bond acceptors (Lipinski definition) is 5. The van der Waals surface area contributed by atoms with E-state index in [1.807, 2.05) is 0 Å². The summed E-state index contributed by atoms with van der Waals surface area (Å²) in [4.78, 5) is 23.7. The number of alkyl carbamates (subject to hydrolysis) is 1. The second-order valence-corrected chi connectivity index (χ2v) is 6.08. The molecule has 1 saturated carbocycles. The topological polar surface area (TPSA) is 84.9 Å². The summed E-state index contributed by atoms with van der Waals surface area (Å²) in [6.07, 6.45) is 0.314. The first-order valence-electron chi connectivity index (χ1n) is 7.07. The normalized spacial score (nSPS) is 26.8.